The number of esters is 4. The van der Waals surface area contributed by atoms with Crippen molar-refractivity contribution in [3.05, 3.63) is 23.8 Å². The van der Waals surface area contributed by atoms with E-state index in [1.807, 2.05) is 41.5 Å². The number of methoxy groups -OCH3 is 1. The predicted octanol–water partition coefficient (Wildman–Crippen LogP) is 4.86. The smallest absolute Gasteiger partial charge is 0.326 e. The van der Waals surface area contributed by atoms with Gasteiger partial charge < -0.3 is 24.7 Å². The van der Waals surface area contributed by atoms with E-state index in [4.69, 9.17) is 24.7 Å². The number of hydrogen-bond acceptors (Lipinski definition) is 9. The summed E-state index contributed by atoms with van der Waals surface area (Å²) in [5.74, 6) is -2.12. The predicted molar refractivity (Wildman–Crippen MR) is 148 cm³/mol. The quantitative estimate of drug-likeness (QED) is 0.240. The highest BCUT2D eigenvalue weighted by molar-refractivity contribution is 5.81. The van der Waals surface area contributed by atoms with E-state index in [2.05, 4.69) is 0 Å². The Morgan fingerprint density at radius 3 is 1.87 bits per heavy atom. The topological polar surface area (TPSA) is 131 Å². The van der Waals surface area contributed by atoms with Crippen molar-refractivity contribution in [1.29, 1.82) is 0 Å². The van der Waals surface area contributed by atoms with Gasteiger partial charge in [-0.2, -0.15) is 0 Å². The number of rotatable bonds is 15. The minimum atomic E-state index is -1.51. The SMILES string of the molecule is COC(=O)[C@@](N)(CCOC(=O)CCC(C)C)Cc1ccc(OC(=O)C(C)C(C)C)c(OC(=O)C(C)C(C)C)c1. The molecule has 0 aromatic heterocycles. The summed E-state index contributed by atoms with van der Waals surface area (Å²) in [6.45, 7) is 15.1. The number of hydrogen-bond donors (Lipinski definition) is 1. The molecule has 0 aliphatic heterocycles. The summed E-state index contributed by atoms with van der Waals surface area (Å²) in [7, 11) is 1.23. The Balaban J connectivity index is 3.22. The van der Waals surface area contributed by atoms with E-state index in [0.717, 1.165) is 0 Å². The van der Waals surface area contributed by atoms with E-state index in [1.54, 1.807) is 19.9 Å². The molecule has 0 heterocycles. The largest absolute Gasteiger partial charge is 0.468 e. The first-order chi connectivity index (χ1) is 18.1. The van der Waals surface area contributed by atoms with Gasteiger partial charge in [-0.3, -0.25) is 19.2 Å². The lowest BCUT2D eigenvalue weighted by Gasteiger charge is -2.27. The molecule has 0 saturated heterocycles. The van der Waals surface area contributed by atoms with Gasteiger partial charge >= 0.3 is 23.9 Å². The number of benzene rings is 1. The van der Waals surface area contributed by atoms with Gasteiger partial charge in [0.25, 0.3) is 0 Å². The van der Waals surface area contributed by atoms with Gasteiger partial charge in [0.05, 0.1) is 25.6 Å². The molecule has 1 rings (SSSR count). The lowest BCUT2D eigenvalue weighted by molar-refractivity contribution is -0.151. The minimum absolute atomic E-state index is 0.00409. The molecule has 0 aliphatic carbocycles. The minimum Gasteiger partial charge on any atom is -0.468 e. The number of carbonyl (C=O) groups is 4. The molecular formula is C30H47NO8. The summed E-state index contributed by atoms with van der Waals surface area (Å²) in [5, 5.41) is 0. The normalized spacial score (nSPS) is 14.5. The van der Waals surface area contributed by atoms with Crippen LogP contribution in [0.3, 0.4) is 0 Å². The van der Waals surface area contributed by atoms with Crippen LogP contribution in [0.15, 0.2) is 18.2 Å². The molecule has 1 aromatic carbocycles. The Bertz CT molecular complexity index is 987. The summed E-state index contributed by atoms with van der Waals surface area (Å²) >= 11 is 0. The molecule has 9 nitrogen and oxygen atoms in total. The summed E-state index contributed by atoms with van der Waals surface area (Å²) in [6, 6.07) is 4.70. The van der Waals surface area contributed by atoms with Gasteiger partial charge in [0.2, 0.25) is 0 Å². The Labute approximate surface area is 233 Å². The molecule has 2 N–H and O–H groups in total. The number of carbonyl (C=O) groups excluding carboxylic acids is 4. The maximum atomic E-state index is 12.8. The van der Waals surface area contributed by atoms with Crippen LogP contribution in [0, 0.1) is 29.6 Å². The van der Waals surface area contributed by atoms with E-state index in [-0.39, 0.29) is 61.1 Å². The number of nitrogens with two attached hydrogens (primary N) is 1. The average Bonchev–Trinajstić information content (AvgIpc) is 2.86. The Hall–Kier alpha value is -2.94. The summed E-state index contributed by atoms with van der Waals surface area (Å²) in [4.78, 5) is 50.1. The first-order valence-corrected chi connectivity index (χ1v) is 13.7. The van der Waals surface area contributed by atoms with Crippen molar-refractivity contribution < 1.29 is 38.1 Å². The zero-order chi connectivity index (χ0) is 29.9. The van der Waals surface area contributed by atoms with Crippen LogP contribution in [0.4, 0.5) is 0 Å². The average molecular weight is 550 g/mol. The van der Waals surface area contributed by atoms with Crippen LogP contribution in [-0.4, -0.2) is 43.1 Å². The van der Waals surface area contributed by atoms with Crippen molar-refractivity contribution in [3.63, 3.8) is 0 Å². The molecule has 3 atom stereocenters. The third-order valence-corrected chi connectivity index (χ3v) is 7.02. The van der Waals surface area contributed by atoms with Crippen LogP contribution in [0.25, 0.3) is 0 Å². The van der Waals surface area contributed by atoms with Gasteiger partial charge in [-0.1, -0.05) is 61.5 Å². The van der Waals surface area contributed by atoms with E-state index >= 15 is 0 Å². The molecule has 0 saturated carbocycles. The maximum Gasteiger partial charge on any atom is 0.326 e. The van der Waals surface area contributed by atoms with Crippen LogP contribution >= 0.6 is 0 Å². The highest BCUT2D eigenvalue weighted by Crippen LogP contribution is 2.32. The first-order valence-electron chi connectivity index (χ1n) is 13.7. The molecule has 1 aromatic rings. The monoisotopic (exact) mass is 549 g/mol. The second kappa shape index (κ2) is 15.6. The summed E-state index contributed by atoms with van der Waals surface area (Å²) in [5.41, 5.74) is 5.50. The van der Waals surface area contributed by atoms with E-state index in [9.17, 15) is 19.2 Å². The Kier molecular flexibility index (Phi) is 13.6. The summed E-state index contributed by atoms with van der Waals surface area (Å²) < 4.78 is 21.5. The molecule has 2 unspecified atom stereocenters. The molecule has 0 spiro atoms. The molecule has 0 bridgehead atoms. The fourth-order valence-electron chi connectivity index (χ4n) is 3.43. The third kappa shape index (κ3) is 11.0. The first kappa shape index (κ1) is 34.1. The van der Waals surface area contributed by atoms with E-state index in [1.165, 1.54) is 19.2 Å². The van der Waals surface area contributed by atoms with Crippen LogP contribution in [0.2, 0.25) is 0 Å². The molecule has 0 fully saturated rings. The van der Waals surface area contributed by atoms with E-state index in [0.29, 0.717) is 17.9 Å². The standard InChI is InChI=1S/C30H47NO8/c1-18(2)10-13-26(32)37-15-14-30(31,29(35)36-9)17-23-11-12-24(38-27(33)21(7)19(3)4)25(16-23)39-28(34)22(8)20(5)6/h11-12,16,18-22H,10,13-15,17,31H2,1-9H3/t21?,22?,30-/m1/s1. The van der Waals surface area contributed by atoms with Crippen LogP contribution in [-0.2, 0) is 35.1 Å². The molecule has 0 aliphatic rings. The van der Waals surface area contributed by atoms with Gasteiger partial charge in [0.1, 0.15) is 5.54 Å². The van der Waals surface area contributed by atoms with Crippen LogP contribution in [0.1, 0.15) is 80.2 Å². The van der Waals surface area contributed by atoms with Crippen LogP contribution < -0.4 is 15.2 Å². The molecule has 9 heteroatoms. The van der Waals surface area contributed by atoms with Gasteiger partial charge in [0.15, 0.2) is 11.5 Å². The van der Waals surface area contributed by atoms with Gasteiger partial charge in [-0.15, -0.1) is 0 Å². The fourth-order valence-corrected chi connectivity index (χ4v) is 3.43. The maximum absolute atomic E-state index is 12.8. The molecule has 0 amide bonds. The lowest BCUT2D eigenvalue weighted by atomic mass is 9.88. The van der Waals surface area contributed by atoms with Crippen molar-refractivity contribution in [1.82, 2.24) is 0 Å². The lowest BCUT2D eigenvalue weighted by Crippen LogP contribution is -2.51. The molecular weight excluding hydrogens is 502 g/mol. The fraction of sp³-hybridized carbons (Fsp3) is 0.667. The van der Waals surface area contributed by atoms with Gasteiger partial charge in [0, 0.05) is 19.3 Å². The summed E-state index contributed by atoms with van der Waals surface area (Å²) in [6.07, 6.45) is 1.01. The van der Waals surface area contributed by atoms with Crippen molar-refractivity contribution >= 4 is 23.9 Å². The molecule has 0 radical (unpaired) electrons. The molecule has 220 valence electrons. The van der Waals surface area contributed by atoms with Crippen molar-refractivity contribution in [2.75, 3.05) is 13.7 Å². The highest BCUT2D eigenvalue weighted by Gasteiger charge is 2.36. The van der Waals surface area contributed by atoms with Crippen LogP contribution in [0.5, 0.6) is 11.5 Å². The zero-order valence-electron chi connectivity index (χ0n) is 25.0. The van der Waals surface area contributed by atoms with Crippen molar-refractivity contribution in [3.8, 4) is 11.5 Å². The second-order valence-corrected chi connectivity index (χ2v) is 11.4. The van der Waals surface area contributed by atoms with Gasteiger partial charge in [-0.05, 0) is 41.9 Å². The van der Waals surface area contributed by atoms with Crippen molar-refractivity contribution in [2.24, 2.45) is 35.3 Å². The number of ether oxygens (including phenoxy) is 4. The Morgan fingerprint density at radius 1 is 0.846 bits per heavy atom. The van der Waals surface area contributed by atoms with Gasteiger partial charge in [-0.25, -0.2) is 0 Å². The third-order valence-electron chi connectivity index (χ3n) is 7.02. The Morgan fingerprint density at radius 2 is 1.38 bits per heavy atom. The van der Waals surface area contributed by atoms with Crippen molar-refractivity contribution in [2.45, 2.75) is 86.6 Å². The molecule has 39 heavy (non-hydrogen) atoms. The highest BCUT2D eigenvalue weighted by atomic mass is 16.6. The second-order valence-electron chi connectivity index (χ2n) is 11.4. The van der Waals surface area contributed by atoms with E-state index < -0.39 is 29.4 Å². The zero-order valence-corrected chi connectivity index (χ0v) is 25.0.